The van der Waals surface area contributed by atoms with Gasteiger partial charge >= 0.3 is 0 Å². The van der Waals surface area contributed by atoms with Crippen LogP contribution in [-0.4, -0.2) is 19.8 Å². The van der Waals surface area contributed by atoms with Gasteiger partial charge in [-0.05, 0) is 17.9 Å². The summed E-state index contributed by atoms with van der Waals surface area (Å²) in [5.41, 5.74) is 1.80. The molecule has 3 aromatic rings. The van der Waals surface area contributed by atoms with Crippen molar-refractivity contribution < 1.29 is 0 Å². The van der Waals surface area contributed by atoms with Gasteiger partial charge in [-0.15, -0.1) is 16.4 Å². The van der Waals surface area contributed by atoms with Gasteiger partial charge < -0.3 is 0 Å². The van der Waals surface area contributed by atoms with E-state index in [1.165, 1.54) is 11.3 Å². The highest BCUT2D eigenvalue weighted by molar-refractivity contribution is 7.17. The van der Waals surface area contributed by atoms with Gasteiger partial charge in [-0.1, -0.05) is 0 Å². The summed E-state index contributed by atoms with van der Waals surface area (Å²) in [5.74, 6) is 0. The average molecular weight is 231 g/mol. The zero-order valence-electron chi connectivity index (χ0n) is 8.18. The van der Waals surface area contributed by atoms with Crippen LogP contribution < -0.4 is 5.56 Å². The van der Waals surface area contributed by atoms with Gasteiger partial charge in [0.1, 0.15) is 10.8 Å². The van der Waals surface area contributed by atoms with Gasteiger partial charge in [0.2, 0.25) is 5.69 Å². The Labute approximate surface area is 92.8 Å². The monoisotopic (exact) mass is 231 g/mol. The van der Waals surface area contributed by atoms with Crippen molar-refractivity contribution in [3.8, 4) is 6.07 Å². The summed E-state index contributed by atoms with van der Waals surface area (Å²) in [6.45, 7) is 1.90. The Balaban J connectivity index is 2.70. The van der Waals surface area contributed by atoms with Crippen LogP contribution in [0.1, 0.15) is 11.3 Å². The van der Waals surface area contributed by atoms with Gasteiger partial charge in [0.05, 0.1) is 5.52 Å². The Hall–Kier alpha value is -2.20. The number of thiophene rings is 1. The third-order valence-corrected chi connectivity index (χ3v) is 3.43. The third kappa shape index (κ3) is 0.963. The zero-order chi connectivity index (χ0) is 11.3. The number of nitriles is 1. The fourth-order valence-electron chi connectivity index (χ4n) is 1.65. The van der Waals surface area contributed by atoms with E-state index >= 15 is 0 Å². The Morgan fingerprint density at radius 3 is 3.19 bits per heavy atom. The van der Waals surface area contributed by atoms with Crippen LogP contribution in [0.4, 0.5) is 0 Å². The van der Waals surface area contributed by atoms with Crippen LogP contribution in [0, 0.1) is 18.3 Å². The molecule has 0 fully saturated rings. The molecule has 0 saturated heterocycles. The minimum absolute atomic E-state index is 0.129. The molecule has 0 amide bonds. The van der Waals surface area contributed by atoms with Crippen molar-refractivity contribution in [1.82, 2.24) is 19.8 Å². The lowest BCUT2D eigenvalue weighted by Crippen LogP contribution is -2.08. The second-order valence-electron chi connectivity index (χ2n) is 3.34. The van der Waals surface area contributed by atoms with E-state index in [1.807, 2.05) is 18.4 Å². The Morgan fingerprint density at radius 2 is 2.44 bits per heavy atom. The van der Waals surface area contributed by atoms with Gasteiger partial charge in [-0.3, -0.25) is 4.79 Å². The van der Waals surface area contributed by atoms with Crippen molar-refractivity contribution in [1.29, 1.82) is 5.26 Å². The van der Waals surface area contributed by atoms with Crippen LogP contribution in [-0.2, 0) is 0 Å². The van der Waals surface area contributed by atoms with Crippen LogP contribution in [0.2, 0.25) is 0 Å². The number of nitrogens with zero attached hydrogens (tertiary/aromatic N) is 4. The first-order valence-corrected chi connectivity index (χ1v) is 5.35. The molecular weight excluding hydrogens is 226 g/mol. The van der Waals surface area contributed by atoms with Crippen molar-refractivity contribution in [3.05, 3.63) is 27.0 Å². The van der Waals surface area contributed by atoms with Crippen molar-refractivity contribution >= 4 is 27.2 Å². The van der Waals surface area contributed by atoms with E-state index in [-0.39, 0.29) is 16.9 Å². The van der Waals surface area contributed by atoms with E-state index in [4.69, 9.17) is 5.26 Å². The summed E-state index contributed by atoms with van der Waals surface area (Å²) in [5, 5.41) is 17.2. The lowest BCUT2D eigenvalue weighted by atomic mass is 10.3. The Morgan fingerprint density at radius 1 is 1.62 bits per heavy atom. The Bertz CT molecular complexity index is 803. The normalized spacial score (nSPS) is 11.0. The summed E-state index contributed by atoms with van der Waals surface area (Å²) >= 11 is 1.35. The molecule has 0 unspecified atom stereocenters. The molecular formula is C9H5N5OS. The number of hydrogen-bond acceptors (Lipinski definition) is 5. The molecule has 0 bridgehead atoms. The third-order valence-electron chi connectivity index (χ3n) is 2.36. The van der Waals surface area contributed by atoms with Gasteiger partial charge in [0, 0.05) is 0 Å². The quantitative estimate of drug-likeness (QED) is 0.620. The minimum atomic E-state index is -0.314. The van der Waals surface area contributed by atoms with E-state index in [1.54, 1.807) is 4.52 Å². The maximum Gasteiger partial charge on any atom is 0.291 e. The highest BCUT2D eigenvalue weighted by atomic mass is 32.1. The highest BCUT2D eigenvalue weighted by Gasteiger charge is 2.14. The first-order chi connectivity index (χ1) is 7.72. The summed E-state index contributed by atoms with van der Waals surface area (Å²) < 4.78 is 2.14. The number of aromatic amines is 1. The summed E-state index contributed by atoms with van der Waals surface area (Å²) in [7, 11) is 0. The van der Waals surface area contributed by atoms with Crippen molar-refractivity contribution in [3.63, 3.8) is 0 Å². The molecule has 0 radical (unpaired) electrons. The van der Waals surface area contributed by atoms with Gasteiger partial charge in [-0.2, -0.15) is 10.2 Å². The summed E-state index contributed by atoms with van der Waals surface area (Å²) in [4.78, 5) is 15.6. The number of hydrogen-bond donors (Lipinski definition) is 1. The number of aromatic nitrogens is 4. The molecule has 0 aliphatic rings. The zero-order valence-corrected chi connectivity index (χ0v) is 9.00. The smallest absolute Gasteiger partial charge is 0.266 e. The molecule has 6 nitrogen and oxygen atoms in total. The SMILES string of the molecule is Cc1csc2c(=O)nc3c(C#N)n[nH]n3c12. The fourth-order valence-corrected chi connectivity index (χ4v) is 2.57. The number of nitrogens with one attached hydrogen (secondary N) is 1. The number of fused-ring (bicyclic) bond motifs is 3. The van der Waals surface area contributed by atoms with E-state index in [2.05, 4.69) is 15.3 Å². The molecule has 0 aliphatic carbocycles. The van der Waals surface area contributed by atoms with Crippen molar-refractivity contribution in [2.24, 2.45) is 0 Å². The highest BCUT2D eigenvalue weighted by Crippen LogP contribution is 2.22. The molecule has 0 aromatic carbocycles. The van der Waals surface area contributed by atoms with E-state index in [0.717, 1.165) is 11.1 Å². The molecule has 1 N–H and O–H groups in total. The topological polar surface area (TPSA) is 86.8 Å². The second kappa shape index (κ2) is 2.90. The summed E-state index contributed by atoms with van der Waals surface area (Å²) in [6.07, 6.45) is 0. The molecule has 0 spiro atoms. The number of H-pyrrole nitrogens is 1. The summed E-state index contributed by atoms with van der Waals surface area (Å²) in [6, 6.07) is 1.89. The standard InChI is InChI=1S/C9H5N5OS/c1-4-3-16-7-6(4)14-8(11-9(7)15)5(2-10)12-13-14/h3,13H,1H3. The lowest BCUT2D eigenvalue weighted by molar-refractivity contribution is 0.870. The van der Waals surface area contributed by atoms with Gasteiger partial charge in [0.15, 0.2) is 5.65 Å². The second-order valence-corrected chi connectivity index (χ2v) is 4.22. The van der Waals surface area contributed by atoms with E-state index < -0.39 is 0 Å². The molecule has 3 aromatic heterocycles. The molecule has 0 saturated carbocycles. The predicted octanol–water partition coefficient (Wildman–Crippen LogP) is 0.812. The Kier molecular flexibility index (Phi) is 1.64. The van der Waals surface area contributed by atoms with Crippen molar-refractivity contribution in [2.75, 3.05) is 0 Å². The average Bonchev–Trinajstić information content (AvgIpc) is 2.82. The van der Waals surface area contributed by atoms with E-state index in [0.29, 0.717) is 4.70 Å². The van der Waals surface area contributed by atoms with Crippen LogP contribution in [0.25, 0.3) is 15.9 Å². The molecule has 3 heterocycles. The number of rotatable bonds is 0. The fraction of sp³-hybridized carbons (Fsp3) is 0.111. The molecule has 0 atom stereocenters. The van der Waals surface area contributed by atoms with Crippen LogP contribution in [0.15, 0.2) is 10.2 Å². The minimum Gasteiger partial charge on any atom is -0.266 e. The molecule has 3 rings (SSSR count). The largest absolute Gasteiger partial charge is 0.291 e. The molecule has 0 aliphatic heterocycles. The molecule has 16 heavy (non-hydrogen) atoms. The first kappa shape index (κ1) is 9.06. The maximum atomic E-state index is 11.7. The van der Waals surface area contributed by atoms with Crippen LogP contribution in [0.5, 0.6) is 0 Å². The first-order valence-electron chi connectivity index (χ1n) is 4.47. The van der Waals surface area contributed by atoms with Crippen LogP contribution in [0.3, 0.4) is 0 Å². The predicted molar refractivity (Wildman–Crippen MR) is 58.4 cm³/mol. The molecule has 78 valence electrons. The molecule has 7 heteroatoms. The van der Waals surface area contributed by atoms with Gasteiger partial charge in [0.25, 0.3) is 5.56 Å². The van der Waals surface area contributed by atoms with Crippen LogP contribution >= 0.6 is 11.3 Å². The van der Waals surface area contributed by atoms with E-state index in [9.17, 15) is 4.79 Å². The van der Waals surface area contributed by atoms with Gasteiger partial charge in [-0.25, -0.2) is 9.73 Å². The maximum absolute atomic E-state index is 11.7. The van der Waals surface area contributed by atoms with Crippen molar-refractivity contribution in [2.45, 2.75) is 6.92 Å². The number of aryl methyl sites for hydroxylation is 1. The lowest BCUT2D eigenvalue weighted by Gasteiger charge is -1.95.